The van der Waals surface area contributed by atoms with Gasteiger partial charge in [0.2, 0.25) is 11.8 Å². The molecule has 0 unspecified atom stereocenters. The van der Waals surface area contributed by atoms with Crippen LogP contribution in [-0.2, 0) is 22.7 Å². The van der Waals surface area contributed by atoms with E-state index < -0.39 is 5.41 Å². The predicted molar refractivity (Wildman–Crippen MR) is 157 cm³/mol. The number of β-lactam (4-membered cyclic amide) rings is 2. The van der Waals surface area contributed by atoms with Gasteiger partial charge in [-0.2, -0.15) is 0 Å². The summed E-state index contributed by atoms with van der Waals surface area (Å²) in [6.07, 6.45) is 7.17. The van der Waals surface area contributed by atoms with Crippen LogP contribution < -0.4 is 4.74 Å². The van der Waals surface area contributed by atoms with E-state index in [1.165, 1.54) is 31.4 Å². The van der Waals surface area contributed by atoms with E-state index in [0.29, 0.717) is 30.8 Å². The van der Waals surface area contributed by atoms with E-state index >= 15 is 0 Å². The number of carbonyl (C=O) groups excluding carboxylic acids is 2. The lowest BCUT2D eigenvalue weighted by Crippen LogP contribution is -2.86. The van der Waals surface area contributed by atoms with Crippen molar-refractivity contribution in [2.24, 2.45) is 28.6 Å². The largest absolute Gasteiger partial charge is 0.497 e. The van der Waals surface area contributed by atoms with E-state index in [1.807, 2.05) is 64.4 Å². The van der Waals surface area contributed by atoms with Crippen molar-refractivity contribution in [3.8, 4) is 5.75 Å². The van der Waals surface area contributed by atoms with E-state index in [9.17, 15) is 14.0 Å². The molecule has 4 aliphatic carbocycles. The summed E-state index contributed by atoms with van der Waals surface area (Å²) in [6, 6.07) is 24.0. The summed E-state index contributed by atoms with van der Waals surface area (Å²) in [5.74, 6) is 2.43. The maximum Gasteiger partial charge on any atom is 0.243 e. The van der Waals surface area contributed by atoms with Crippen LogP contribution in [0.2, 0.25) is 0 Å². The standard InChI is InChI=1S/C36H37FN2O3/c1-42-30-13-9-28(10-14-30)31-36(33(40)38(31)21-23-5-3-2-4-6-23)32(35-18-25-15-26(19-35)17-27(16-25)20-35)39(34(36)41)22-24-7-11-29(37)12-8-24/h2-14,25-27,31-32H,15-22H2,1H3/t25?,26?,27?,31-,32-,35?,36-/m0/s1. The predicted octanol–water partition coefficient (Wildman–Crippen LogP) is 6.53. The van der Waals surface area contributed by atoms with Crippen molar-refractivity contribution in [2.45, 2.75) is 63.7 Å². The first-order chi connectivity index (χ1) is 20.4. The normalized spacial score (nSPS) is 34.5. The second-order valence-corrected chi connectivity index (χ2v) is 13.7. The van der Waals surface area contributed by atoms with Crippen LogP contribution in [0.1, 0.15) is 61.3 Å². The Morgan fingerprint density at radius 3 is 1.88 bits per heavy atom. The fourth-order valence-electron chi connectivity index (χ4n) is 10.2. The summed E-state index contributed by atoms with van der Waals surface area (Å²) in [7, 11) is 1.65. The van der Waals surface area contributed by atoms with Crippen molar-refractivity contribution in [3.63, 3.8) is 0 Å². The molecule has 42 heavy (non-hydrogen) atoms. The number of halogens is 1. The molecule has 3 aromatic carbocycles. The number of rotatable bonds is 7. The minimum atomic E-state index is -1.10. The second-order valence-electron chi connectivity index (χ2n) is 13.7. The summed E-state index contributed by atoms with van der Waals surface area (Å²) in [6.45, 7) is 0.880. The molecule has 2 saturated heterocycles. The van der Waals surface area contributed by atoms with E-state index in [1.54, 1.807) is 19.2 Å². The SMILES string of the molecule is COc1ccc([C@@H]2N(Cc3ccccc3)C(=O)[C@]23C(=O)N(Cc2ccc(F)cc2)[C@H]3C23CC4CC(CC(C4)C2)C3)cc1. The number of benzene rings is 3. The molecule has 2 heterocycles. The minimum Gasteiger partial charge on any atom is -0.497 e. The third-order valence-electron chi connectivity index (χ3n) is 11.3. The number of likely N-dealkylation sites (tertiary alicyclic amines) is 2. The summed E-state index contributed by atoms with van der Waals surface area (Å²) in [4.78, 5) is 33.2. The van der Waals surface area contributed by atoms with E-state index in [2.05, 4.69) is 0 Å². The Morgan fingerprint density at radius 2 is 1.29 bits per heavy atom. The molecule has 9 rings (SSSR count). The highest BCUT2D eigenvalue weighted by molar-refractivity contribution is 6.16. The maximum atomic E-state index is 14.6. The van der Waals surface area contributed by atoms with Gasteiger partial charge in [0.25, 0.3) is 0 Å². The molecule has 5 nitrogen and oxygen atoms in total. The lowest BCUT2D eigenvalue weighted by Gasteiger charge is -2.73. The Bertz CT molecular complexity index is 1490. The van der Waals surface area contributed by atoms with Crippen molar-refractivity contribution in [1.82, 2.24) is 9.80 Å². The molecule has 6 aliphatic rings. The van der Waals surface area contributed by atoms with Crippen molar-refractivity contribution in [1.29, 1.82) is 0 Å². The van der Waals surface area contributed by atoms with Crippen LogP contribution in [0, 0.1) is 34.4 Å². The average Bonchev–Trinajstić information content (AvgIpc) is 2.99. The molecular weight excluding hydrogens is 527 g/mol. The van der Waals surface area contributed by atoms with Gasteiger partial charge in [0.05, 0.1) is 19.2 Å². The van der Waals surface area contributed by atoms with Crippen LogP contribution >= 0.6 is 0 Å². The van der Waals surface area contributed by atoms with Gasteiger partial charge in [0.15, 0.2) is 5.41 Å². The van der Waals surface area contributed by atoms with Crippen LogP contribution in [0.25, 0.3) is 0 Å². The molecule has 4 saturated carbocycles. The first kappa shape index (κ1) is 26.0. The molecule has 1 spiro atoms. The molecule has 216 valence electrons. The van der Waals surface area contributed by atoms with Crippen molar-refractivity contribution < 1.29 is 18.7 Å². The lowest BCUT2D eigenvalue weighted by atomic mass is 9.40. The zero-order valence-corrected chi connectivity index (χ0v) is 24.0. The van der Waals surface area contributed by atoms with Crippen LogP contribution in [0.3, 0.4) is 0 Å². The third kappa shape index (κ3) is 3.66. The van der Waals surface area contributed by atoms with Gasteiger partial charge in [-0.15, -0.1) is 0 Å². The van der Waals surface area contributed by atoms with E-state index in [-0.39, 0.29) is 35.1 Å². The molecular formula is C36H37FN2O3. The van der Waals surface area contributed by atoms with Gasteiger partial charge in [-0.3, -0.25) is 9.59 Å². The monoisotopic (exact) mass is 564 g/mol. The van der Waals surface area contributed by atoms with Gasteiger partial charge in [0, 0.05) is 13.1 Å². The second kappa shape index (κ2) is 9.42. The minimum absolute atomic E-state index is 0.0340. The highest BCUT2D eigenvalue weighted by Crippen LogP contribution is 2.71. The van der Waals surface area contributed by atoms with Crippen molar-refractivity contribution in [3.05, 3.63) is 101 Å². The Hall–Kier alpha value is -3.67. The molecule has 0 radical (unpaired) electrons. The number of carbonyl (C=O) groups is 2. The quantitative estimate of drug-likeness (QED) is 0.242. The van der Waals surface area contributed by atoms with Gasteiger partial charge < -0.3 is 14.5 Å². The van der Waals surface area contributed by atoms with Crippen LogP contribution in [-0.4, -0.2) is 34.8 Å². The van der Waals surface area contributed by atoms with E-state index in [4.69, 9.17) is 4.74 Å². The first-order valence-electron chi connectivity index (χ1n) is 15.5. The fourth-order valence-corrected chi connectivity index (χ4v) is 10.2. The van der Waals surface area contributed by atoms with Crippen LogP contribution in [0.5, 0.6) is 5.75 Å². The molecule has 6 heteroatoms. The zero-order chi connectivity index (χ0) is 28.6. The topological polar surface area (TPSA) is 49.9 Å². The van der Waals surface area contributed by atoms with Crippen molar-refractivity contribution in [2.75, 3.05) is 7.11 Å². The summed E-state index contributed by atoms with van der Waals surface area (Å²) in [5.41, 5.74) is 1.79. The van der Waals surface area contributed by atoms with Gasteiger partial charge in [-0.05, 0) is 103 Å². The number of methoxy groups -OCH3 is 1. The number of hydrogen-bond acceptors (Lipinski definition) is 3. The number of nitrogens with zero attached hydrogens (tertiary/aromatic N) is 2. The number of amides is 2. The Balaban J connectivity index is 1.24. The van der Waals surface area contributed by atoms with E-state index in [0.717, 1.165) is 41.7 Å². The molecule has 0 aromatic heterocycles. The first-order valence-corrected chi connectivity index (χ1v) is 15.5. The molecule has 6 fully saturated rings. The van der Waals surface area contributed by atoms with Gasteiger partial charge in [-0.25, -0.2) is 4.39 Å². The highest BCUT2D eigenvalue weighted by Gasteiger charge is 2.81. The zero-order valence-electron chi connectivity index (χ0n) is 24.0. The molecule has 3 aromatic rings. The Kier molecular flexibility index (Phi) is 5.83. The summed E-state index contributed by atoms with van der Waals surface area (Å²) >= 11 is 0. The molecule has 0 N–H and O–H groups in total. The molecule has 2 aliphatic heterocycles. The van der Waals surface area contributed by atoms with Gasteiger partial charge >= 0.3 is 0 Å². The number of ether oxygens (including phenoxy) is 1. The van der Waals surface area contributed by atoms with Crippen LogP contribution in [0.4, 0.5) is 4.39 Å². The average molecular weight is 565 g/mol. The Morgan fingerprint density at radius 1 is 0.738 bits per heavy atom. The maximum absolute atomic E-state index is 14.6. The fraction of sp³-hybridized carbons (Fsp3) is 0.444. The van der Waals surface area contributed by atoms with Crippen LogP contribution in [0.15, 0.2) is 78.9 Å². The Labute approximate surface area is 246 Å². The third-order valence-corrected chi connectivity index (χ3v) is 11.3. The van der Waals surface area contributed by atoms with Gasteiger partial charge in [-0.1, -0.05) is 54.6 Å². The number of hydrogen-bond donors (Lipinski definition) is 0. The molecule has 4 bridgehead atoms. The summed E-state index contributed by atoms with van der Waals surface area (Å²) < 4.78 is 19.2. The molecule has 2 amide bonds. The lowest BCUT2D eigenvalue weighted by molar-refractivity contribution is -0.248. The van der Waals surface area contributed by atoms with Crippen molar-refractivity contribution >= 4 is 11.8 Å². The van der Waals surface area contributed by atoms with Gasteiger partial charge in [0.1, 0.15) is 11.6 Å². The molecule has 3 atom stereocenters. The smallest absolute Gasteiger partial charge is 0.243 e. The highest BCUT2D eigenvalue weighted by atomic mass is 19.1. The summed E-state index contributed by atoms with van der Waals surface area (Å²) in [5, 5.41) is 0.